The summed E-state index contributed by atoms with van der Waals surface area (Å²) in [5.41, 5.74) is 0.368. The van der Waals surface area contributed by atoms with Gasteiger partial charge in [-0.2, -0.15) is 0 Å². The number of hydrogen-bond acceptors (Lipinski definition) is 1. The summed E-state index contributed by atoms with van der Waals surface area (Å²) in [7, 11) is 0. The van der Waals surface area contributed by atoms with E-state index in [0.717, 1.165) is 30.6 Å². The third kappa shape index (κ3) is 2.33. The molecule has 4 aliphatic rings. The average molecular weight is 338 g/mol. The van der Waals surface area contributed by atoms with E-state index >= 15 is 0 Å². The third-order valence-corrected chi connectivity index (χ3v) is 8.65. The molecule has 0 saturated heterocycles. The Balaban J connectivity index is 1.54. The monoisotopic (exact) mass is 338 g/mol. The molecule has 0 aromatic carbocycles. The van der Waals surface area contributed by atoms with Gasteiger partial charge in [-0.15, -0.1) is 0 Å². The second-order valence-corrected chi connectivity index (χ2v) is 9.39. The maximum absolute atomic E-state index is 13.2. The maximum Gasteiger partial charge on any atom is 0.266 e. The fourth-order valence-electron chi connectivity index (χ4n) is 7.43. The minimum atomic E-state index is -2.59. The van der Waals surface area contributed by atoms with Gasteiger partial charge >= 0.3 is 0 Å². The van der Waals surface area contributed by atoms with Crippen molar-refractivity contribution in [2.24, 2.45) is 35.0 Å². The van der Waals surface area contributed by atoms with Crippen LogP contribution in [0.3, 0.4) is 0 Å². The normalized spacial score (nSPS) is 52.9. The van der Waals surface area contributed by atoms with E-state index in [2.05, 4.69) is 19.9 Å². The lowest BCUT2D eigenvalue weighted by Gasteiger charge is -2.56. The van der Waals surface area contributed by atoms with Crippen LogP contribution in [0, 0.1) is 35.0 Å². The van der Waals surface area contributed by atoms with Crippen LogP contribution in [-0.2, 0) is 0 Å². The van der Waals surface area contributed by atoms with Gasteiger partial charge in [0, 0.05) is 0 Å². The SMILES string of the molecule is CC=C1CC[C@H]2[C@@H]3CC[C@H]4C[C@@](O)(C(F)F)CC[C@@H]4[C@H]3CC[C@]12C. The molecule has 0 amide bonds. The van der Waals surface area contributed by atoms with E-state index in [1.54, 1.807) is 5.57 Å². The zero-order valence-corrected chi connectivity index (χ0v) is 15.1. The molecule has 0 bridgehead atoms. The summed E-state index contributed by atoms with van der Waals surface area (Å²) in [5, 5.41) is 10.3. The van der Waals surface area contributed by atoms with Crippen molar-refractivity contribution in [1.29, 1.82) is 0 Å². The van der Waals surface area contributed by atoms with Crippen LogP contribution in [0.25, 0.3) is 0 Å². The summed E-state index contributed by atoms with van der Waals surface area (Å²) in [6.07, 6.45) is 8.61. The fourth-order valence-corrected chi connectivity index (χ4v) is 7.43. The van der Waals surface area contributed by atoms with Crippen molar-refractivity contribution in [1.82, 2.24) is 0 Å². The zero-order chi connectivity index (χ0) is 17.1. The van der Waals surface area contributed by atoms with Gasteiger partial charge in [0.1, 0.15) is 5.60 Å². The molecule has 4 fully saturated rings. The van der Waals surface area contributed by atoms with Gasteiger partial charge in [0.25, 0.3) is 6.43 Å². The molecule has 0 aliphatic heterocycles. The lowest BCUT2D eigenvalue weighted by Crippen LogP contribution is -2.52. The van der Waals surface area contributed by atoms with Gasteiger partial charge in [-0.1, -0.05) is 18.6 Å². The Morgan fingerprint density at radius 2 is 1.79 bits per heavy atom. The Bertz CT molecular complexity index is 530. The standard InChI is InChI=1S/C21H32F2O/c1-3-14-5-7-18-17-6-4-13-12-21(24,19(22)23)11-9-15(13)16(17)8-10-20(14,18)2/h3,13,15-19,24H,4-12H2,1-2H3/t13-,15-,16+,17+,18-,20+,21+/m0/s1. The third-order valence-electron chi connectivity index (χ3n) is 8.65. The molecule has 0 radical (unpaired) electrons. The summed E-state index contributed by atoms with van der Waals surface area (Å²) in [5.74, 6) is 3.23. The first kappa shape index (κ1) is 17.0. The molecule has 0 heterocycles. The van der Waals surface area contributed by atoms with E-state index in [-0.39, 0.29) is 0 Å². The summed E-state index contributed by atoms with van der Waals surface area (Å²) in [4.78, 5) is 0. The summed E-state index contributed by atoms with van der Waals surface area (Å²) in [6.45, 7) is 4.68. The second kappa shape index (κ2) is 5.79. The Kier molecular flexibility index (Phi) is 4.10. The van der Waals surface area contributed by atoms with Crippen molar-refractivity contribution in [3.8, 4) is 0 Å². The Morgan fingerprint density at radius 3 is 2.50 bits per heavy atom. The highest BCUT2D eigenvalue weighted by atomic mass is 19.3. The van der Waals surface area contributed by atoms with Crippen LogP contribution in [-0.4, -0.2) is 17.1 Å². The lowest BCUT2D eigenvalue weighted by atomic mass is 9.49. The molecule has 4 rings (SSSR count). The first-order valence-corrected chi connectivity index (χ1v) is 10.1. The van der Waals surface area contributed by atoms with Gasteiger partial charge in [0.2, 0.25) is 0 Å². The Hall–Kier alpha value is -0.440. The molecular formula is C21H32F2O. The van der Waals surface area contributed by atoms with Gasteiger partial charge in [0.05, 0.1) is 0 Å². The largest absolute Gasteiger partial charge is 0.384 e. The highest BCUT2D eigenvalue weighted by Gasteiger charge is 2.57. The van der Waals surface area contributed by atoms with Crippen molar-refractivity contribution in [3.63, 3.8) is 0 Å². The minimum Gasteiger partial charge on any atom is -0.384 e. The van der Waals surface area contributed by atoms with E-state index in [1.165, 1.54) is 32.1 Å². The van der Waals surface area contributed by atoms with Crippen LogP contribution < -0.4 is 0 Å². The Morgan fingerprint density at radius 1 is 1.04 bits per heavy atom. The van der Waals surface area contributed by atoms with Crippen molar-refractivity contribution in [2.75, 3.05) is 0 Å². The smallest absolute Gasteiger partial charge is 0.266 e. The number of halogens is 2. The van der Waals surface area contributed by atoms with E-state index < -0.39 is 12.0 Å². The maximum atomic E-state index is 13.2. The first-order chi connectivity index (χ1) is 11.4. The molecule has 136 valence electrons. The number of rotatable bonds is 1. The number of aliphatic hydroxyl groups is 1. The van der Waals surface area contributed by atoms with E-state index in [0.29, 0.717) is 30.1 Å². The average Bonchev–Trinajstić information content (AvgIpc) is 2.90. The summed E-state index contributed by atoms with van der Waals surface area (Å²) >= 11 is 0. The molecule has 0 spiro atoms. The van der Waals surface area contributed by atoms with Crippen LogP contribution in [0.5, 0.6) is 0 Å². The molecule has 1 N–H and O–H groups in total. The van der Waals surface area contributed by atoms with Crippen LogP contribution in [0.2, 0.25) is 0 Å². The molecule has 4 aliphatic carbocycles. The van der Waals surface area contributed by atoms with Gasteiger partial charge < -0.3 is 5.11 Å². The number of fused-ring (bicyclic) bond motifs is 5. The van der Waals surface area contributed by atoms with Gasteiger partial charge in [0.15, 0.2) is 0 Å². The number of hydrogen-bond donors (Lipinski definition) is 1. The van der Waals surface area contributed by atoms with Crippen molar-refractivity contribution in [3.05, 3.63) is 11.6 Å². The molecule has 3 heteroatoms. The van der Waals surface area contributed by atoms with Crippen molar-refractivity contribution < 1.29 is 13.9 Å². The summed E-state index contributed by atoms with van der Waals surface area (Å²) < 4.78 is 26.5. The van der Waals surface area contributed by atoms with Crippen molar-refractivity contribution >= 4 is 0 Å². The van der Waals surface area contributed by atoms with Gasteiger partial charge in [-0.05, 0) is 99.7 Å². The Labute approximate surface area is 144 Å². The highest BCUT2D eigenvalue weighted by molar-refractivity contribution is 5.23. The first-order valence-electron chi connectivity index (χ1n) is 10.1. The van der Waals surface area contributed by atoms with Crippen LogP contribution in [0.4, 0.5) is 8.78 Å². The number of allylic oxidation sites excluding steroid dienone is 2. The molecular weight excluding hydrogens is 306 g/mol. The number of alkyl halides is 2. The zero-order valence-electron chi connectivity index (χ0n) is 15.1. The minimum absolute atomic E-state index is 0.303. The molecule has 24 heavy (non-hydrogen) atoms. The molecule has 0 unspecified atom stereocenters. The predicted molar refractivity (Wildman–Crippen MR) is 91.8 cm³/mol. The van der Waals surface area contributed by atoms with Crippen LogP contribution in [0.15, 0.2) is 11.6 Å². The summed E-state index contributed by atoms with van der Waals surface area (Å²) in [6, 6.07) is 0. The van der Waals surface area contributed by atoms with Crippen LogP contribution in [0.1, 0.15) is 71.6 Å². The topological polar surface area (TPSA) is 20.2 Å². The molecule has 0 aromatic heterocycles. The fraction of sp³-hybridized carbons (Fsp3) is 0.905. The predicted octanol–water partition coefficient (Wildman–Crippen LogP) is 5.58. The second-order valence-electron chi connectivity index (χ2n) is 9.39. The highest BCUT2D eigenvalue weighted by Crippen LogP contribution is 2.64. The molecule has 1 nitrogen and oxygen atoms in total. The van der Waals surface area contributed by atoms with Crippen LogP contribution >= 0.6 is 0 Å². The quantitative estimate of drug-likeness (QED) is 0.619. The van der Waals surface area contributed by atoms with Crippen molar-refractivity contribution in [2.45, 2.75) is 83.7 Å². The lowest BCUT2D eigenvalue weighted by molar-refractivity contribution is -0.157. The van der Waals surface area contributed by atoms with Gasteiger partial charge in [-0.3, -0.25) is 0 Å². The van der Waals surface area contributed by atoms with E-state index in [4.69, 9.17) is 0 Å². The van der Waals surface area contributed by atoms with E-state index in [1.807, 2.05) is 0 Å². The molecule has 0 aromatic rings. The molecule has 7 atom stereocenters. The van der Waals surface area contributed by atoms with Gasteiger partial charge in [-0.25, -0.2) is 8.78 Å². The van der Waals surface area contributed by atoms with E-state index in [9.17, 15) is 13.9 Å². The molecule has 4 saturated carbocycles.